The molecule has 0 radical (unpaired) electrons. The molecule has 6 nitrogen and oxygen atoms in total. The van der Waals surface area contributed by atoms with E-state index in [2.05, 4.69) is 13.8 Å². The van der Waals surface area contributed by atoms with Crippen molar-refractivity contribution in [3.8, 4) is 17.2 Å². The summed E-state index contributed by atoms with van der Waals surface area (Å²) in [5.74, 6) is -1.38. The van der Waals surface area contributed by atoms with E-state index < -0.39 is 17.5 Å². The van der Waals surface area contributed by atoms with E-state index in [0.29, 0.717) is 28.4 Å². The number of carbonyl (C=O) groups excluding carboxylic acids is 2. The Bertz CT molecular complexity index is 946. The third-order valence-electron chi connectivity index (χ3n) is 4.80. The maximum absolute atomic E-state index is 13.1. The van der Waals surface area contributed by atoms with Crippen LogP contribution in [0.4, 0.5) is 0 Å². The van der Waals surface area contributed by atoms with Crippen LogP contribution in [0.3, 0.4) is 0 Å². The Hall–Kier alpha value is -3.02. The molecule has 0 amide bonds. The Morgan fingerprint density at radius 2 is 1.62 bits per heavy atom. The lowest BCUT2D eigenvalue weighted by Crippen LogP contribution is -2.37. The van der Waals surface area contributed by atoms with Gasteiger partial charge < -0.3 is 18.9 Å². The quantitative estimate of drug-likeness (QED) is 0.787. The highest BCUT2D eigenvalue weighted by Gasteiger charge is 2.59. The average molecular weight is 354 g/mol. The normalized spacial score (nSPS) is 20.0. The van der Waals surface area contributed by atoms with Crippen LogP contribution < -0.4 is 14.2 Å². The fourth-order valence-electron chi connectivity index (χ4n) is 3.35. The van der Waals surface area contributed by atoms with Crippen molar-refractivity contribution in [3.05, 3.63) is 52.6 Å². The molecule has 26 heavy (non-hydrogen) atoms. The van der Waals surface area contributed by atoms with Gasteiger partial charge in [0.1, 0.15) is 5.75 Å². The third-order valence-corrected chi connectivity index (χ3v) is 4.80. The van der Waals surface area contributed by atoms with E-state index in [1.54, 1.807) is 12.1 Å². The molecule has 0 bridgehead atoms. The van der Waals surface area contributed by atoms with Gasteiger partial charge in [-0.05, 0) is 35.7 Å². The molecule has 1 spiro atoms. The average Bonchev–Trinajstić information content (AvgIpc) is 3.07. The first-order valence-electron chi connectivity index (χ1n) is 8.29. The Labute approximate surface area is 150 Å². The van der Waals surface area contributed by atoms with E-state index in [1.807, 2.05) is 12.1 Å². The smallest absolute Gasteiger partial charge is 0.347 e. The SMILES string of the molecule is COc1cc2c(cc1OC)C1(OC2=O)Oc2cc(C(C)C)ccc2C1=O. The zero-order chi connectivity index (χ0) is 18.6. The van der Waals surface area contributed by atoms with Gasteiger partial charge >= 0.3 is 11.8 Å². The first-order valence-corrected chi connectivity index (χ1v) is 8.29. The summed E-state index contributed by atoms with van der Waals surface area (Å²) in [6, 6.07) is 8.49. The lowest BCUT2D eigenvalue weighted by atomic mass is 9.95. The number of rotatable bonds is 3. The number of esters is 1. The molecule has 0 saturated heterocycles. The van der Waals surface area contributed by atoms with Crippen LogP contribution in [0.1, 0.15) is 51.6 Å². The summed E-state index contributed by atoms with van der Waals surface area (Å²) in [6.07, 6.45) is 0. The van der Waals surface area contributed by atoms with E-state index in [9.17, 15) is 9.59 Å². The third kappa shape index (κ3) is 2.05. The minimum Gasteiger partial charge on any atom is -0.493 e. The molecule has 6 heteroatoms. The number of hydrogen-bond donors (Lipinski definition) is 0. The maximum atomic E-state index is 13.1. The summed E-state index contributed by atoms with van der Waals surface area (Å²) in [5.41, 5.74) is 1.98. The van der Waals surface area contributed by atoms with Crippen LogP contribution in [-0.4, -0.2) is 26.0 Å². The van der Waals surface area contributed by atoms with E-state index in [4.69, 9.17) is 18.9 Å². The first kappa shape index (κ1) is 16.4. The zero-order valence-corrected chi connectivity index (χ0v) is 14.9. The number of ether oxygens (including phenoxy) is 4. The highest BCUT2D eigenvalue weighted by molar-refractivity contribution is 6.12. The van der Waals surface area contributed by atoms with Crippen molar-refractivity contribution in [1.29, 1.82) is 0 Å². The molecule has 2 aromatic carbocycles. The number of carbonyl (C=O) groups is 2. The van der Waals surface area contributed by atoms with Crippen LogP contribution in [0.15, 0.2) is 30.3 Å². The van der Waals surface area contributed by atoms with Crippen LogP contribution in [-0.2, 0) is 10.5 Å². The number of ketones is 1. The molecule has 0 fully saturated rings. The van der Waals surface area contributed by atoms with Gasteiger partial charge in [0.15, 0.2) is 11.5 Å². The number of benzene rings is 2. The van der Waals surface area contributed by atoms with Crippen molar-refractivity contribution in [1.82, 2.24) is 0 Å². The van der Waals surface area contributed by atoms with Crippen molar-refractivity contribution in [2.75, 3.05) is 14.2 Å². The Kier molecular flexibility index (Phi) is 3.47. The molecule has 2 aliphatic heterocycles. The molecule has 0 saturated carbocycles. The molecule has 0 N–H and O–H groups in total. The molecular formula is C20H18O6. The van der Waals surface area contributed by atoms with Gasteiger partial charge in [-0.15, -0.1) is 0 Å². The standard InChI is InChI=1S/C20H18O6/c1-10(2)11-5-6-12-15(7-11)25-20(18(12)21)14-9-17(24-4)16(23-3)8-13(14)19(22)26-20/h5-10H,1-4H3. The molecule has 2 aliphatic rings. The summed E-state index contributed by atoms with van der Waals surface area (Å²) < 4.78 is 21.9. The van der Waals surface area contributed by atoms with E-state index in [0.717, 1.165) is 5.56 Å². The van der Waals surface area contributed by atoms with Gasteiger partial charge in [0.25, 0.3) is 5.78 Å². The maximum Gasteiger partial charge on any atom is 0.347 e. The Morgan fingerprint density at radius 3 is 2.27 bits per heavy atom. The van der Waals surface area contributed by atoms with Crippen molar-refractivity contribution in [2.24, 2.45) is 0 Å². The highest BCUT2D eigenvalue weighted by Crippen LogP contribution is 2.50. The number of hydrogen-bond acceptors (Lipinski definition) is 6. The summed E-state index contributed by atoms with van der Waals surface area (Å²) in [6.45, 7) is 4.10. The van der Waals surface area contributed by atoms with Crippen LogP contribution in [0.5, 0.6) is 17.2 Å². The Balaban J connectivity index is 1.88. The molecule has 2 heterocycles. The van der Waals surface area contributed by atoms with Crippen molar-refractivity contribution in [3.63, 3.8) is 0 Å². The summed E-state index contributed by atoms with van der Waals surface area (Å²) >= 11 is 0. The number of methoxy groups -OCH3 is 2. The minimum absolute atomic E-state index is 0.230. The van der Waals surface area contributed by atoms with Gasteiger partial charge in [-0.25, -0.2) is 4.79 Å². The fraction of sp³-hybridized carbons (Fsp3) is 0.300. The van der Waals surface area contributed by atoms with Gasteiger partial charge in [-0.1, -0.05) is 19.9 Å². The monoisotopic (exact) mass is 354 g/mol. The second-order valence-corrected chi connectivity index (χ2v) is 6.60. The van der Waals surface area contributed by atoms with Gasteiger partial charge in [0.2, 0.25) is 0 Å². The van der Waals surface area contributed by atoms with E-state index in [-0.39, 0.29) is 11.5 Å². The number of Topliss-reactive ketones (excluding diaryl/α,β-unsaturated/α-hetero) is 1. The molecular weight excluding hydrogens is 336 g/mol. The zero-order valence-electron chi connectivity index (χ0n) is 14.9. The second kappa shape index (κ2) is 5.49. The molecule has 4 rings (SSSR count). The summed E-state index contributed by atoms with van der Waals surface area (Å²) in [5, 5.41) is 0. The highest BCUT2D eigenvalue weighted by atomic mass is 16.7. The van der Waals surface area contributed by atoms with Gasteiger partial charge in [-0.3, -0.25) is 4.79 Å². The first-order chi connectivity index (χ1) is 12.4. The second-order valence-electron chi connectivity index (χ2n) is 6.60. The van der Waals surface area contributed by atoms with Crippen molar-refractivity contribution in [2.45, 2.75) is 25.6 Å². The van der Waals surface area contributed by atoms with Crippen LogP contribution in [0.2, 0.25) is 0 Å². The van der Waals surface area contributed by atoms with Gasteiger partial charge in [0.05, 0.1) is 30.9 Å². The lowest BCUT2D eigenvalue weighted by molar-refractivity contribution is -0.0979. The topological polar surface area (TPSA) is 71.1 Å². The van der Waals surface area contributed by atoms with Crippen LogP contribution >= 0.6 is 0 Å². The largest absolute Gasteiger partial charge is 0.493 e. The fourth-order valence-corrected chi connectivity index (χ4v) is 3.35. The predicted molar refractivity (Wildman–Crippen MR) is 92.1 cm³/mol. The lowest BCUT2D eigenvalue weighted by Gasteiger charge is -2.21. The summed E-state index contributed by atoms with van der Waals surface area (Å²) in [7, 11) is 2.95. The van der Waals surface area contributed by atoms with Crippen LogP contribution in [0.25, 0.3) is 0 Å². The van der Waals surface area contributed by atoms with E-state index >= 15 is 0 Å². The molecule has 134 valence electrons. The van der Waals surface area contributed by atoms with Crippen LogP contribution in [0, 0.1) is 0 Å². The van der Waals surface area contributed by atoms with Gasteiger partial charge in [-0.2, -0.15) is 0 Å². The molecule has 1 atom stereocenters. The predicted octanol–water partition coefficient (Wildman–Crippen LogP) is 3.43. The minimum atomic E-state index is -1.80. The van der Waals surface area contributed by atoms with Gasteiger partial charge in [0, 0.05) is 0 Å². The number of fused-ring (bicyclic) bond motifs is 3. The summed E-state index contributed by atoms with van der Waals surface area (Å²) in [4.78, 5) is 25.5. The molecule has 1 unspecified atom stereocenters. The van der Waals surface area contributed by atoms with Crippen molar-refractivity contribution < 1.29 is 28.5 Å². The van der Waals surface area contributed by atoms with E-state index in [1.165, 1.54) is 20.3 Å². The molecule has 2 aromatic rings. The Morgan fingerprint density at radius 1 is 0.923 bits per heavy atom. The molecule has 0 aliphatic carbocycles. The molecule has 0 aromatic heterocycles. The van der Waals surface area contributed by atoms with Crippen molar-refractivity contribution >= 4 is 11.8 Å².